The van der Waals surface area contributed by atoms with Crippen LogP contribution in [0.25, 0.3) is 0 Å². The van der Waals surface area contributed by atoms with E-state index in [-0.39, 0.29) is 18.5 Å². The van der Waals surface area contributed by atoms with Crippen LogP contribution >= 0.6 is 0 Å². The van der Waals surface area contributed by atoms with Gasteiger partial charge in [-0.25, -0.2) is 8.42 Å². The van der Waals surface area contributed by atoms with Crippen LogP contribution in [0.3, 0.4) is 0 Å². The average Bonchev–Trinajstić information content (AvgIpc) is 3.36. The predicted octanol–water partition coefficient (Wildman–Crippen LogP) is 1.79. The number of sulfonamides is 1. The van der Waals surface area contributed by atoms with Crippen LogP contribution in [0.2, 0.25) is 0 Å². The zero-order valence-corrected chi connectivity index (χ0v) is 14.7. The van der Waals surface area contributed by atoms with Gasteiger partial charge in [-0.1, -0.05) is 6.92 Å². The summed E-state index contributed by atoms with van der Waals surface area (Å²) >= 11 is 0. The maximum absolute atomic E-state index is 12.5. The maximum Gasteiger partial charge on any atom is 0.238 e. The molecule has 1 aromatic rings. The third kappa shape index (κ3) is 3.95. The minimum Gasteiger partial charge on any atom is -0.464 e. The first kappa shape index (κ1) is 16.5. The molecule has 2 aliphatic rings. The molecule has 1 heterocycles. The van der Waals surface area contributed by atoms with Crippen molar-refractivity contribution in [1.29, 1.82) is 0 Å². The van der Waals surface area contributed by atoms with E-state index >= 15 is 0 Å². The van der Waals surface area contributed by atoms with Gasteiger partial charge in [-0.3, -0.25) is 4.79 Å². The van der Waals surface area contributed by atoms with Gasteiger partial charge in [0.25, 0.3) is 0 Å². The van der Waals surface area contributed by atoms with Crippen LogP contribution in [0.5, 0.6) is 0 Å². The second-order valence-electron chi connectivity index (χ2n) is 6.90. The average molecular weight is 340 g/mol. The van der Waals surface area contributed by atoms with Gasteiger partial charge < -0.3 is 9.32 Å². The van der Waals surface area contributed by atoms with Gasteiger partial charge >= 0.3 is 0 Å². The molecule has 0 bridgehead atoms. The first-order valence-corrected chi connectivity index (χ1v) is 9.90. The minimum atomic E-state index is -3.35. The lowest BCUT2D eigenvalue weighted by Gasteiger charge is -2.24. The van der Waals surface area contributed by atoms with E-state index in [4.69, 9.17) is 4.42 Å². The summed E-state index contributed by atoms with van der Waals surface area (Å²) in [5, 5.41) is 0. The number of rotatable bonds is 7. The van der Waals surface area contributed by atoms with Crippen molar-refractivity contribution in [2.24, 2.45) is 5.92 Å². The quantitative estimate of drug-likeness (QED) is 0.759. The highest BCUT2D eigenvalue weighted by Crippen LogP contribution is 2.47. The topological polar surface area (TPSA) is 70.8 Å². The van der Waals surface area contributed by atoms with Crippen LogP contribution in [-0.2, 0) is 21.4 Å². The molecule has 0 unspecified atom stereocenters. The Balaban J connectivity index is 1.65. The van der Waals surface area contributed by atoms with E-state index in [0.717, 1.165) is 41.3 Å². The summed E-state index contributed by atoms with van der Waals surface area (Å²) in [6.45, 7) is 2.50. The van der Waals surface area contributed by atoms with Crippen molar-refractivity contribution < 1.29 is 17.6 Å². The summed E-state index contributed by atoms with van der Waals surface area (Å²) in [6, 6.07) is 4.15. The molecule has 0 spiro atoms. The minimum absolute atomic E-state index is 0.122. The summed E-state index contributed by atoms with van der Waals surface area (Å²) in [7, 11) is -1.92. The molecule has 0 radical (unpaired) electrons. The molecule has 0 aliphatic heterocycles. The lowest BCUT2D eigenvalue weighted by atomic mass is 10.3. The van der Waals surface area contributed by atoms with Gasteiger partial charge in [0.15, 0.2) is 0 Å². The van der Waals surface area contributed by atoms with Gasteiger partial charge in [-0.2, -0.15) is 4.31 Å². The van der Waals surface area contributed by atoms with Crippen LogP contribution in [0.4, 0.5) is 0 Å². The van der Waals surface area contributed by atoms with Crippen LogP contribution in [-0.4, -0.2) is 49.4 Å². The number of amides is 1. The van der Waals surface area contributed by atoms with E-state index in [2.05, 4.69) is 6.92 Å². The van der Waals surface area contributed by atoms with E-state index < -0.39 is 10.0 Å². The highest BCUT2D eigenvalue weighted by molar-refractivity contribution is 7.88. The molecule has 128 valence electrons. The number of hydrogen-bond donors (Lipinski definition) is 0. The Morgan fingerprint density at radius 2 is 2.00 bits per heavy atom. The molecule has 7 heteroatoms. The molecule has 2 atom stereocenters. The molecule has 2 aliphatic carbocycles. The molecule has 1 aromatic heterocycles. The molecule has 2 fully saturated rings. The van der Waals surface area contributed by atoms with Crippen molar-refractivity contribution in [2.75, 3.05) is 19.8 Å². The third-order valence-corrected chi connectivity index (χ3v) is 5.98. The zero-order valence-electron chi connectivity index (χ0n) is 13.9. The molecular formula is C16H24N2O4S. The van der Waals surface area contributed by atoms with Gasteiger partial charge in [0, 0.05) is 19.0 Å². The highest BCUT2D eigenvalue weighted by Gasteiger charge is 2.37. The van der Waals surface area contributed by atoms with Gasteiger partial charge in [-0.15, -0.1) is 0 Å². The van der Waals surface area contributed by atoms with E-state index in [1.165, 1.54) is 7.05 Å². The number of hydrogen-bond acceptors (Lipinski definition) is 4. The molecule has 0 saturated heterocycles. The lowest BCUT2D eigenvalue weighted by Crippen LogP contribution is -2.41. The van der Waals surface area contributed by atoms with Crippen molar-refractivity contribution in [1.82, 2.24) is 9.21 Å². The van der Waals surface area contributed by atoms with Crippen LogP contribution in [0.1, 0.15) is 43.6 Å². The van der Waals surface area contributed by atoms with Gasteiger partial charge in [0.05, 0.1) is 19.3 Å². The molecular weight excluding hydrogens is 316 g/mol. The van der Waals surface area contributed by atoms with Crippen LogP contribution in [0, 0.1) is 5.92 Å². The van der Waals surface area contributed by atoms with Crippen LogP contribution in [0.15, 0.2) is 16.5 Å². The van der Waals surface area contributed by atoms with E-state index in [0.29, 0.717) is 18.4 Å². The molecule has 1 amide bonds. The molecule has 6 nitrogen and oxygen atoms in total. The van der Waals surface area contributed by atoms with Crippen molar-refractivity contribution in [3.8, 4) is 0 Å². The summed E-state index contributed by atoms with van der Waals surface area (Å²) in [4.78, 5) is 14.2. The molecule has 0 aromatic carbocycles. The van der Waals surface area contributed by atoms with Crippen LogP contribution < -0.4 is 0 Å². The Bertz CT molecular complexity index is 693. The monoisotopic (exact) mass is 340 g/mol. The second-order valence-corrected chi connectivity index (χ2v) is 8.98. The van der Waals surface area contributed by atoms with Gasteiger partial charge in [0.2, 0.25) is 15.9 Å². The SMILES string of the molecule is C[C@@H]1C[C@@H]1c1ccc(CN(C(=O)CN(C)S(C)(=O)=O)C2CC2)o1. The Labute approximate surface area is 137 Å². The molecule has 0 N–H and O–H groups in total. The number of carbonyl (C=O) groups is 1. The summed E-state index contributed by atoms with van der Waals surface area (Å²) in [6.07, 6.45) is 4.22. The molecule has 23 heavy (non-hydrogen) atoms. The fourth-order valence-electron chi connectivity index (χ4n) is 2.77. The maximum atomic E-state index is 12.5. The third-order valence-electron chi connectivity index (χ3n) is 4.72. The largest absolute Gasteiger partial charge is 0.464 e. The summed E-state index contributed by atoms with van der Waals surface area (Å²) in [5.41, 5.74) is 0. The van der Waals surface area contributed by atoms with Crippen molar-refractivity contribution >= 4 is 15.9 Å². The van der Waals surface area contributed by atoms with Crippen molar-refractivity contribution in [2.45, 2.75) is 44.7 Å². The Morgan fingerprint density at radius 1 is 1.35 bits per heavy atom. The summed E-state index contributed by atoms with van der Waals surface area (Å²) in [5.74, 6) is 2.81. The van der Waals surface area contributed by atoms with E-state index in [9.17, 15) is 13.2 Å². The smallest absolute Gasteiger partial charge is 0.238 e. The van der Waals surface area contributed by atoms with E-state index in [1.54, 1.807) is 4.90 Å². The Hall–Kier alpha value is -1.34. The molecule has 3 rings (SSSR count). The normalized spacial score (nSPS) is 24.0. The number of furan rings is 1. The number of carbonyl (C=O) groups excluding carboxylic acids is 1. The molecule has 2 saturated carbocycles. The lowest BCUT2D eigenvalue weighted by molar-refractivity contribution is -0.132. The van der Waals surface area contributed by atoms with E-state index in [1.807, 2.05) is 12.1 Å². The van der Waals surface area contributed by atoms with Gasteiger partial charge in [0.1, 0.15) is 11.5 Å². The predicted molar refractivity (Wildman–Crippen MR) is 86.3 cm³/mol. The number of nitrogens with zero attached hydrogens (tertiary/aromatic N) is 2. The highest BCUT2D eigenvalue weighted by atomic mass is 32.2. The first-order valence-electron chi connectivity index (χ1n) is 8.05. The first-order chi connectivity index (χ1) is 10.8. The Morgan fingerprint density at radius 3 is 2.52 bits per heavy atom. The summed E-state index contributed by atoms with van der Waals surface area (Å²) < 4.78 is 29.9. The Kier molecular flexibility index (Phi) is 4.27. The number of likely N-dealkylation sites (N-methyl/N-ethyl adjacent to an activating group) is 1. The zero-order chi connectivity index (χ0) is 16.8. The fourth-order valence-corrected chi connectivity index (χ4v) is 3.12. The standard InChI is InChI=1S/C16H24N2O4S/c1-11-8-14(11)15-7-6-13(22-15)9-18(12-4-5-12)16(19)10-17(2)23(3,20)21/h6-7,11-12,14H,4-5,8-10H2,1-3H3/t11-,14+/m1/s1. The van der Waals surface area contributed by atoms with Crippen molar-refractivity contribution in [3.05, 3.63) is 23.7 Å². The van der Waals surface area contributed by atoms with Gasteiger partial charge in [-0.05, 0) is 37.3 Å². The fraction of sp³-hybridized carbons (Fsp3) is 0.688. The second kappa shape index (κ2) is 5.94. The van der Waals surface area contributed by atoms with Crippen molar-refractivity contribution in [3.63, 3.8) is 0 Å².